The third-order valence-electron chi connectivity index (χ3n) is 7.13. The molecule has 1 saturated carbocycles. The van der Waals surface area contributed by atoms with E-state index in [1.807, 2.05) is 11.9 Å². The van der Waals surface area contributed by atoms with E-state index in [-0.39, 0.29) is 5.54 Å². The van der Waals surface area contributed by atoms with E-state index in [4.69, 9.17) is 9.90 Å². The quantitative estimate of drug-likeness (QED) is 0.732. The molecule has 0 unspecified atom stereocenters. The standard InChI is InChI=1S/C22H33N3O.C2HF3O2/c1-17-4-5-20(14-18(17)2)15-24-10-8-22(9-11-24)21(26)23(3)12-13-25(22)16-19-6-7-19;3-2(4,5)1(6)7/h4-5,14,19H,6-13,15-16H2,1-3H3;(H,6,7). The van der Waals surface area contributed by atoms with E-state index in [1.54, 1.807) is 0 Å². The lowest BCUT2D eigenvalue weighted by molar-refractivity contribution is -0.192. The molecule has 0 radical (unpaired) electrons. The molecule has 33 heavy (non-hydrogen) atoms. The Balaban J connectivity index is 0.000000383. The lowest BCUT2D eigenvalue weighted by Crippen LogP contribution is -2.68. The van der Waals surface area contributed by atoms with Gasteiger partial charge in [-0.3, -0.25) is 14.6 Å². The molecule has 1 N–H and O–H groups in total. The van der Waals surface area contributed by atoms with Crippen LogP contribution in [0.25, 0.3) is 0 Å². The fourth-order valence-electron chi connectivity index (χ4n) is 4.73. The Morgan fingerprint density at radius 1 is 1.09 bits per heavy atom. The monoisotopic (exact) mass is 469 g/mol. The third kappa shape index (κ3) is 6.26. The van der Waals surface area contributed by atoms with Crippen LogP contribution in [-0.4, -0.2) is 83.2 Å². The van der Waals surface area contributed by atoms with Crippen molar-refractivity contribution >= 4 is 11.9 Å². The number of carbonyl (C=O) groups is 2. The first-order valence-corrected chi connectivity index (χ1v) is 11.5. The maximum absolute atomic E-state index is 13.1. The van der Waals surface area contributed by atoms with Gasteiger partial charge in [-0.25, -0.2) is 4.79 Å². The van der Waals surface area contributed by atoms with Gasteiger partial charge in [-0.15, -0.1) is 0 Å². The van der Waals surface area contributed by atoms with E-state index in [0.717, 1.165) is 58.0 Å². The van der Waals surface area contributed by atoms with Gasteiger partial charge >= 0.3 is 12.1 Å². The van der Waals surface area contributed by atoms with Gasteiger partial charge in [0.15, 0.2) is 0 Å². The molecule has 1 aliphatic carbocycles. The van der Waals surface area contributed by atoms with Crippen molar-refractivity contribution in [1.82, 2.24) is 14.7 Å². The summed E-state index contributed by atoms with van der Waals surface area (Å²) in [6.07, 6.45) is -0.410. The van der Waals surface area contributed by atoms with Gasteiger partial charge in [-0.05, 0) is 62.1 Å². The highest BCUT2D eigenvalue weighted by Gasteiger charge is 2.50. The number of amides is 1. The van der Waals surface area contributed by atoms with Crippen LogP contribution in [0.2, 0.25) is 0 Å². The Bertz CT molecular complexity index is 862. The molecule has 9 heteroatoms. The fraction of sp³-hybridized carbons (Fsp3) is 0.667. The molecule has 2 saturated heterocycles. The van der Waals surface area contributed by atoms with Crippen LogP contribution >= 0.6 is 0 Å². The molecule has 6 nitrogen and oxygen atoms in total. The molecule has 4 rings (SSSR count). The highest BCUT2D eigenvalue weighted by molar-refractivity contribution is 5.87. The van der Waals surface area contributed by atoms with Crippen LogP contribution < -0.4 is 0 Å². The molecule has 0 aromatic heterocycles. The minimum Gasteiger partial charge on any atom is -0.475 e. The Morgan fingerprint density at radius 2 is 1.70 bits per heavy atom. The number of nitrogens with zero attached hydrogens (tertiary/aromatic N) is 3. The Labute approximate surface area is 193 Å². The number of carboxylic acids is 1. The molecule has 1 spiro atoms. The molecule has 0 bridgehead atoms. The number of hydrogen-bond acceptors (Lipinski definition) is 4. The van der Waals surface area contributed by atoms with Crippen molar-refractivity contribution in [1.29, 1.82) is 0 Å². The molecule has 0 atom stereocenters. The number of likely N-dealkylation sites (N-methyl/N-ethyl adjacent to an activating group) is 1. The van der Waals surface area contributed by atoms with Crippen LogP contribution in [0.1, 0.15) is 42.4 Å². The van der Waals surface area contributed by atoms with Crippen LogP contribution in [0, 0.1) is 19.8 Å². The summed E-state index contributed by atoms with van der Waals surface area (Å²) < 4.78 is 31.7. The molecule has 2 aliphatic heterocycles. The van der Waals surface area contributed by atoms with E-state index < -0.39 is 12.1 Å². The summed E-state index contributed by atoms with van der Waals surface area (Å²) in [4.78, 5) is 29.1. The summed E-state index contributed by atoms with van der Waals surface area (Å²) in [6.45, 7) is 10.5. The van der Waals surface area contributed by atoms with Crippen molar-refractivity contribution in [3.63, 3.8) is 0 Å². The molecule has 2 heterocycles. The van der Waals surface area contributed by atoms with Gasteiger partial charge in [0.05, 0.1) is 0 Å². The van der Waals surface area contributed by atoms with E-state index in [1.165, 1.54) is 29.5 Å². The SMILES string of the molecule is Cc1ccc(CN2CCC3(CC2)C(=O)N(C)CCN3CC2CC2)cc1C.O=C(O)C(F)(F)F. The van der Waals surface area contributed by atoms with Gasteiger partial charge in [0.2, 0.25) is 5.91 Å². The van der Waals surface area contributed by atoms with Gasteiger partial charge in [-0.2, -0.15) is 13.2 Å². The number of hydrogen-bond donors (Lipinski definition) is 1. The normalized spacial score (nSPS) is 21.6. The van der Waals surface area contributed by atoms with Crippen molar-refractivity contribution in [2.75, 3.05) is 39.8 Å². The second kappa shape index (κ2) is 10.0. The van der Waals surface area contributed by atoms with Gasteiger partial charge in [0.1, 0.15) is 5.54 Å². The molecule has 3 aliphatic rings. The van der Waals surface area contributed by atoms with Crippen LogP contribution in [0.4, 0.5) is 13.2 Å². The van der Waals surface area contributed by atoms with Gasteiger partial charge in [0.25, 0.3) is 0 Å². The summed E-state index contributed by atoms with van der Waals surface area (Å²) in [5.74, 6) is -1.54. The highest BCUT2D eigenvalue weighted by atomic mass is 19.4. The molecule has 184 valence electrons. The van der Waals surface area contributed by atoms with E-state index in [9.17, 15) is 18.0 Å². The molecular weight excluding hydrogens is 435 g/mol. The van der Waals surface area contributed by atoms with Gasteiger partial charge in [0, 0.05) is 46.3 Å². The molecule has 1 aromatic rings. The minimum atomic E-state index is -5.08. The predicted octanol–water partition coefficient (Wildman–Crippen LogP) is 3.46. The van der Waals surface area contributed by atoms with Crippen molar-refractivity contribution in [2.24, 2.45) is 5.92 Å². The van der Waals surface area contributed by atoms with Crippen molar-refractivity contribution < 1.29 is 27.9 Å². The fourth-order valence-corrected chi connectivity index (χ4v) is 4.73. The van der Waals surface area contributed by atoms with Crippen LogP contribution in [0.5, 0.6) is 0 Å². The summed E-state index contributed by atoms with van der Waals surface area (Å²) in [5, 5.41) is 7.12. The largest absolute Gasteiger partial charge is 0.490 e. The second-order valence-corrected chi connectivity index (χ2v) is 9.65. The van der Waals surface area contributed by atoms with Crippen molar-refractivity contribution in [2.45, 2.75) is 57.8 Å². The predicted molar refractivity (Wildman–Crippen MR) is 119 cm³/mol. The average molecular weight is 470 g/mol. The number of halogens is 3. The van der Waals surface area contributed by atoms with Crippen LogP contribution in [0.3, 0.4) is 0 Å². The van der Waals surface area contributed by atoms with E-state index in [0.29, 0.717) is 5.91 Å². The average Bonchev–Trinajstić information content (AvgIpc) is 3.57. The first kappa shape index (κ1) is 25.5. The number of benzene rings is 1. The zero-order valence-corrected chi connectivity index (χ0v) is 19.6. The summed E-state index contributed by atoms with van der Waals surface area (Å²) in [6, 6.07) is 6.80. The van der Waals surface area contributed by atoms with Crippen molar-refractivity contribution in [3.05, 3.63) is 34.9 Å². The number of piperidine rings is 1. The van der Waals surface area contributed by atoms with Crippen LogP contribution in [0.15, 0.2) is 18.2 Å². The molecular formula is C24H34F3N3O3. The zero-order chi connectivity index (χ0) is 24.4. The number of aryl methyl sites for hydroxylation is 2. The number of alkyl halides is 3. The number of carboxylic acid groups (broad SMARTS) is 1. The first-order chi connectivity index (χ1) is 15.4. The number of likely N-dealkylation sites (tertiary alicyclic amines) is 1. The van der Waals surface area contributed by atoms with E-state index in [2.05, 4.69) is 41.8 Å². The van der Waals surface area contributed by atoms with Crippen LogP contribution in [-0.2, 0) is 16.1 Å². The minimum absolute atomic E-state index is 0.227. The Hall–Kier alpha value is -2.13. The maximum Gasteiger partial charge on any atom is 0.490 e. The number of aliphatic carboxylic acids is 1. The smallest absolute Gasteiger partial charge is 0.475 e. The van der Waals surface area contributed by atoms with Gasteiger partial charge < -0.3 is 10.0 Å². The van der Waals surface area contributed by atoms with Crippen molar-refractivity contribution in [3.8, 4) is 0 Å². The second-order valence-electron chi connectivity index (χ2n) is 9.65. The molecule has 1 amide bonds. The topological polar surface area (TPSA) is 64.1 Å². The highest BCUT2D eigenvalue weighted by Crippen LogP contribution is 2.38. The number of piperazine rings is 1. The Morgan fingerprint density at radius 3 is 2.21 bits per heavy atom. The maximum atomic E-state index is 13.1. The molecule has 1 aromatic carbocycles. The lowest BCUT2D eigenvalue weighted by Gasteiger charge is -2.52. The number of carbonyl (C=O) groups excluding carboxylic acids is 1. The lowest BCUT2D eigenvalue weighted by atomic mass is 9.82. The summed E-state index contributed by atoms with van der Waals surface area (Å²) in [7, 11) is 1.99. The van der Waals surface area contributed by atoms with Gasteiger partial charge in [-0.1, -0.05) is 18.2 Å². The van der Waals surface area contributed by atoms with E-state index >= 15 is 0 Å². The summed E-state index contributed by atoms with van der Waals surface area (Å²) >= 11 is 0. The molecule has 3 fully saturated rings. The number of rotatable bonds is 4. The summed E-state index contributed by atoms with van der Waals surface area (Å²) in [5.41, 5.74) is 3.90. The first-order valence-electron chi connectivity index (χ1n) is 11.5. The third-order valence-corrected chi connectivity index (χ3v) is 7.13. The zero-order valence-electron chi connectivity index (χ0n) is 19.6. The Kier molecular flexibility index (Phi) is 7.73.